The number of hydrogen-bond acceptors (Lipinski definition) is 12. The average Bonchev–Trinajstić information content (AvgIpc) is 1.49. The highest BCUT2D eigenvalue weighted by molar-refractivity contribution is 5.45. The summed E-state index contributed by atoms with van der Waals surface area (Å²) in [5.74, 6) is 3.84. The molecule has 0 saturated carbocycles. The van der Waals surface area contributed by atoms with Gasteiger partial charge in [0.15, 0.2) is 0 Å². The van der Waals surface area contributed by atoms with Gasteiger partial charge in [0.1, 0.15) is 23.8 Å². The molecule has 0 spiro atoms. The van der Waals surface area contributed by atoms with Crippen molar-refractivity contribution < 1.29 is 4.74 Å². The number of rotatable bonds is 11. The van der Waals surface area contributed by atoms with Gasteiger partial charge >= 0.3 is 0 Å². The van der Waals surface area contributed by atoms with Gasteiger partial charge in [-0.15, -0.1) is 0 Å². The van der Waals surface area contributed by atoms with Gasteiger partial charge in [0, 0.05) is 101 Å². The van der Waals surface area contributed by atoms with Crippen LogP contribution in [0.2, 0.25) is 0 Å². The lowest BCUT2D eigenvalue weighted by Gasteiger charge is -2.22. The number of pyridine rings is 6. The van der Waals surface area contributed by atoms with Gasteiger partial charge in [-0.3, -0.25) is 14.5 Å². The van der Waals surface area contributed by atoms with Gasteiger partial charge in [-0.2, -0.15) is 10.2 Å². The fourth-order valence-corrected chi connectivity index (χ4v) is 9.97. The lowest BCUT2D eigenvalue weighted by Crippen LogP contribution is -2.19. The van der Waals surface area contributed by atoms with Crippen LogP contribution in [0.25, 0.3) is 5.82 Å². The van der Waals surface area contributed by atoms with Crippen molar-refractivity contribution in [3.63, 3.8) is 0 Å². The van der Waals surface area contributed by atoms with Gasteiger partial charge in [0.2, 0.25) is 5.88 Å². The molecule has 0 aromatic carbocycles. The second-order valence-electron chi connectivity index (χ2n) is 32.9. The SMILES string of the molecule is CC(C)(C)Cc1ccc(-n2ccnc2)nc1.CC(C)(C)Cc1ccc(N2CCCC2)nc1.CC(C)(C)Cc1ccccn1.CC(C)(C)Cc1ccncc1.CC(C)(C)Cc1ccnnc1.CN(C)c1ncccc1CC(C)(C)C.COc1cc(CC(C)(C)C)ccn1. The molecule has 13 heteroatoms. The van der Waals surface area contributed by atoms with E-state index in [2.05, 4.69) is 243 Å². The summed E-state index contributed by atoms with van der Waals surface area (Å²) in [6.07, 6.45) is 32.2. The summed E-state index contributed by atoms with van der Waals surface area (Å²) in [6.45, 7) is 49.3. The van der Waals surface area contributed by atoms with E-state index >= 15 is 0 Å². The summed E-state index contributed by atoms with van der Waals surface area (Å²) in [7, 11) is 5.71. The third-order valence-corrected chi connectivity index (χ3v) is 13.3. The van der Waals surface area contributed by atoms with E-state index in [4.69, 9.17) is 4.74 Å². The Labute approximate surface area is 558 Å². The Morgan fingerprint density at radius 2 is 0.891 bits per heavy atom. The summed E-state index contributed by atoms with van der Waals surface area (Å²) >= 11 is 0. The lowest BCUT2D eigenvalue weighted by atomic mass is 9.88. The second-order valence-corrected chi connectivity index (χ2v) is 32.9. The first-order valence-electron chi connectivity index (χ1n) is 33.0. The predicted molar refractivity (Wildman–Crippen MR) is 389 cm³/mol. The zero-order chi connectivity index (χ0) is 68.8. The predicted octanol–water partition coefficient (Wildman–Crippen LogP) is 18.9. The number of aromatic nitrogens is 10. The zero-order valence-electron chi connectivity index (χ0n) is 61.6. The number of ether oxygens (including phenoxy) is 1. The summed E-state index contributed by atoms with van der Waals surface area (Å²) < 4.78 is 6.96. The molecule has 0 unspecified atom stereocenters. The van der Waals surface area contributed by atoms with Crippen molar-refractivity contribution in [2.75, 3.05) is 44.1 Å². The molecule has 1 saturated heterocycles. The van der Waals surface area contributed by atoms with E-state index in [1.165, 1.54) is 65.0 Å². The standard InChI is InChI=1S/C14H22N2.C13H17N3.C12H20N2.C11H17NO.2C10H15N.C9H14N2/c1-14(2,3)10-12-6-7-13(15-11-12)16-8-4-5-9-16;1-13(2,3)8-11-4-5-12(15-9-11)16-7-6-14-10-16;1-12(2,3)9-10-7-6-8-13-11(10)14(4)5;1-11(2,3)8-9-5-6-12-10(7-9)13-4;1-10(2,3)8-9-4-6-11-7-5-9;1-10(2,3)8-9-6-4-5-7-11-9;1-9(2,3)6-8-4-5-10-11-7-8/h6-7,11H,4-5,8-10H2,1-3H3;4-7,9-10H,8H2,1-3H3;6-8H,9H2,1-5H3;5-7H,8H2,1-4H3;2*4-7H,8H2,1-3H3;4-5,7H,6H2,1-3H3. The first kappa shape index (κ1) is 78.8. The molecule has 1 aliphatic heterocycles. The van der Waals surface area contributed by atoms with Gasteiger partial charge in [0.25, 0.3) is 0 Å². The van der Waals surface area contributed by atoms with Gasteiger partial charge in [-0.1, -0.05) is 170 Å². The molecule has 502 valence electrons. The highest BCUT2D eigenvalue weighted by Gasteiger charge is 2.18. The molecule has 92 heavy (non-hydrogen) atoms. The van der Waals surface area contributed by atoms with E-state index < -0.39 is 0 Å². The highest BCUT2D eigenvalue weighted by Crippen LogP contribution is 2.28. The maximum atomic E-state index is 5.06. The quantitative estimate of drug-likeness (QED) is 0.122. The molecule has 8 aromatic heterocycles. The number of methoxy groups -OCH3 is 1. The van der Waals surface area contributed by atoms with E-state index in [-0.39, 0.29) is 0 Å². The monoisotopic (exact) mass is 1250 g/mol. The normalized spacial score (nSPS) is 12.5. The van der Waals surface area contributed by atoms with Gasteiger partial charge in [-0.25, -0.2) is 24.9 Å². The third-order valence-electron chi connectivity index (χ3n) is 13.3. The van der Waals surface area contributed by atoms with Crippen LogP contribution in [0.3, 0.4) is 0 Å². The molecule has 1 aliphatic rings. The van der Waals surface area contributed by atoms with Crippen LogP contribution in [0, 0.1) is 37.9 Å². The molecule has 0 amide bonds. The zero-order valence-corrected chi connectivity index (χ0v) is 61.6. The molecule has 0 bridgehead atoms. The molecule has 9 rings (SSSR count). The van der Waals surface area contributed by atoms with Crippen molar-refractivity contribution in [1.29, 1.82) is 0 Å². The molecule has 9 heterocycles. The summed E-state index contributed by atoms with van der Waals surface area (Å²) in [6, 6.07) is 29.0. The minimum Gasteiger partial charge on any atom is -0.481 e. The van der Waals surface area contributed by atoms with Crippen LogP contribution in [-0.2, 0) is 44.9 Å². The van der Waals surface area contributed by atoms with Crippen LogP contribution >= 0.6 is 0 Å². The number of imidazole rings is 1. The largest absolute Gasteiger partial charge is 0.481 e. The second kappa shape index (κ2) is 37.3. The summed E-state index contributed by atoms with van der Waals surface area (Å²) in [5, 5.41) is 7.54. The van der Waals surface area contributed by atoms with E-state index in [1.54, 1.807) is 32.0 Å². The minimum atomic E-state index is 0.304. The molecule has 1 fully saturated rings. The first-order valence-corrected chi connectivity index (χ1v) is 33.0. The van der Waals surface area contributed by atoms with E-state index in [1.807, 2.05) is 111 Å². The van der Waals surface area contributed by atoms with E-state index in [0.717, 1.165) is 62.4 Å². The van der Waals surface area contributed by atoms with Crippen molar-refractivity contribution >= 4 is 11.6 Å². The Balaban J connectivity index is 0.000000282. The summed E-state index contributed by atoms with van der Waals surface area (Å²) in [5.41, 5.74) is 11.4. The van der Waals surface area contributed by atoms with E-state index in [9.17, 15) is 0 Å². The maximum Gasteiger partial charge on any atom is 0.213 e. The van der Waals surface area contributed by atoms with Gasteiger partial charge in [-0.05, 0) is 184 Å². The molecule has 0 atom stereocenters. The number of anilines is 2. The van der Waals surface area contributed by atoms with Crippen LogP contribution in [0.15, 0.2) is 159 Å². The van der Waals surface area contributed by atoms with Crippen molar-refractivity contribution in [3.05, 3.63) is 198 Å². The first-order chi connectivity index (χ1) is 42.7. The molecule has 0 N–H and O–H groups in total. The molecule has 0 radical (unpaired) electrons. The Morgan fingerprint density at radius 3 is 1.34 bits per heavy atom. The fourth-order valence-electron chi connectivity index (χ4n) is 9.97. The molecular formula is C79H120N12O. The smallest absolute Gasteiger partial charge is 0.213 e. The molecule has 0 aliphatic carbocycles. The Hall–Kier alpha value is -7.41. The third kappa shape index (κ3) is 37.8. The van der Waals surface area contributed by atoms with Crippen LogP contribution in [0.1, 0.15) is 197 Å². The highest BCUT2D eigenvalue weighted by atomic mass is 16.5. The lowest BCUT2D eigenvalue weighted by molar-refractivity contribution is 0.390. The van der Waals surface area contributed by atoms with Crippen molar-refractivity contribution in [2.24, 2.45) is 37.9 Å². The molecular weight excluding hydrogens is 1130 g/mol. The van der Waals surface area contributed by atoms with Crippen LogP contribution in [0.5, 0.6) is 5.88 Å². The Kier molecular flexibility index (Phi) is 32.0. The summed E-state index contributed by atoms with van der Waals surface area (Å²) in [4.78, 5) is 34.1. The molecule has 8 aromatic rings. The average molecular weight is 1250 g/mol. The van der Waals surface area contributed by atoms with Gasteiger partial charge < -0.3 is 14.5 Å². The number of hydrogen-bond donors (Lipinski definition) is 0. The van der Waals surface area contributed by atoms with Crippen LogP contribution in [-0.4, -0.2) is 83.9 Å². The fraction of sp³-hybridized carbons (Fsp3) is 0.532. The minimum absolute atomic E-state index is 0.304. The van der Waals surface area contributed by atoms with Crippen molar-refractivity contribution in [1.82, 2.24) is 49.7 Å². The Morgan fingerprint density at radius 1 is 0.402 bits per heavy atom. The topological polar surface area (TPSA) is 137 Å². The van der Waals surface area contributed by atoms with Crippen molar-refractivity contribution in [2.45, 2.75) is 203 Å². The van der Waals surface area contributed by atoms with Gasteiger partial charge in [0.05, 0.1) is 13.3 Å². The van der Waals surface area contributed by atoms with Crippen LogP contribution < -0.4 is 14.5 Å². The number of nitrogens with zero attached hydrogens (tertiary/aromatic N) is 12. The Bertz CT molecular complexity index is 3060. The maximum absolute atomic E-state index is 5.06. The molecule has 13 nitrogen and oxygen atoms in total. The van der Waals surface area contributed by atoms with Crippen molar-refractivity contribution in [3.8, 4) is 11.7 Å². The van der Waals surface area contributed by atoms with E-state index in [0.29, 0.717) is 43.8 Å². The van der Waals surface area contributed by atoms with Crippen LogP contribution in [0.4, 0.5) is 11.6 Å².